The van der Waals surface area contributed by atoms with Gasteiger partial charge in [-0.05, 0) is 31.2 Å². The van der Waals surface area contributed by atoms with Gasteiger partial charge < -0.3 is 4.90 Å². The predicted octanol–water partition coefficient (Wildman–Crippen LogP) is 5.37. The number of carbonyl (C=O) groups excluding carboxylic acids is 1. The van der Waals surface area contributed by atoms with Crippen LogP contribution in [0.1, 0.15) is 30.4 Å². The van der Waals surface area contributed by atoms with Gasteiger partial charge in [0.05, 0.1) is 15.5 Å². The maximum Gasteiger partial charge on any atom is 0.308 e. The second-order valence-corrected chi connectivity index (χ2v) is 5.76. The van der Waals surface area contributed by atoms with Crippen molar-refractivity contribution in [3.05, 3.63) is 45.3 Å². The van der Waals surface area contributed by atoms with Crippen LogP contribution in [0.3, 0.4) is 0 Å². The van der Waals surface area contributed by atoms with Gasteiger partial charge >= 0.3 is 5.69 Å². The van der Waals surface area contributed by atoms with Gasteiger partial charge in [-0.3, -0.25) is 14.9 Å². The molecule has 0 saturated heterocycles. The first kappa shape index (κ1) is 19.4. The number of carbonyl (C=O) groups is 1. The minimum absolute atomic E-state index is 0.117. The Balaban J connectivity index is 0.00000139. The Labute approximate surface area is 144 Å². The molecule has 0 atom stereocenters. The lowest BCUT2D eigenvalue weighted by Gasteiger charge is -2.11. The Bertz CT molecular complexity index is 736. The van der Waals surface area contributed by atoms with Crippen LogP contribution < -0.4 is 4.90 Å². The van der Waals surface area contributed by atoms with Gasteiger partial charge in [0.15, 0.2) is 5.78 Å². The van der Waals surface area contributed by atoms with E-state index in [1.165, 1.54) is 13.0 Å². The number of azo groups is 1. The molecule has 0 amide bonds. The lowest BCUT2D eigenvalue weighted by atomic mass is 10.3. The minimum atomic E-state index is -0.563. The zero-order chi connectivity index (χ0) is 18.3. The molecule has 1 aromatic heterocycles. The minimum Gasteiger partial charge on any atom is -0.378 e. The van der Waals surface area contributed by atoms with Crippen LogP contribution in [0.15, 0.2) is 40.6 Å². The smallest absolute Gasteiger partial charge is 0.308 e. The third-order valence-electron chi connectivity index (χ3n) is 2.86. The summed E-state index contributed by atoms with van der Waals surface area (Å²) in [4.78, 5) is 24.0. The Morgan fingerprint density at radius 2 is 1.75 bits per heavy atom. The molecule has 0 aliphatic rings. The molecule has 0 fully saturated rings. The van der Waals surface area contributed by atoms with Crippen LogP contribution in [0.5, 0.6) is 0 Å². The lowest BCUT2D eigenvalue weighted by Crippen LogP contribution is -2.07. The van der Waals surface area contributed by atoms with Crippen molar-refractivity contribution in [1.82, 2.24) is 0 Å². The Morgan fingerprint density at radius 1 is 1.17 bits per heavy atom. The highest BCUT2D eigenvalue weighted by atomic mass is 32.1. The number of nitrogens with zero attached hydrogens (tertiary/aromatic N) is 4. The summed E-state index contributed by atoms with van der Waals surface area (Å²) in [6, 6.07) is 8.52. The third-order valence-corrected chi connectivity index (χ3v) is 3.97. The normalized spacial score (nSPS) is 10.2. The molecule has 7 nitrogen and oxygen atoms in total. The third kappa shape index (κ3) is 4.95. The monoisotopic (exact) mass is 348 g/mol. The van der Waals surface area contributed by atoms with Gasteiger partial charge in [-0.2, -0.15) is 0 Å². The molecule has 0 aliphatic heterocycles. The highest BCUT2D eigenvalue weighted by Crippen LogP contribution is 2.38. The van der Waals surface area contributed by atoms with Gasteiger partial charge in [0.25, 0.3) is 0 Å². The summed E-state index contributed by atoms with van der Waals surface area (Å²) in [5.41, 5.74) is 1.39. The largest absolute Gasteiger partial charge is 0.378 e. The van der Waals surface area contributed by atoms with E-state index in [9.17, 15) is 14.9 Å². The molecule has 0 radical (unpaired) electrons. The Kier molecular flexibility index (Phi) is 7.19. The summed E-state index contributed by atoms with van der Waals surface area (Å²) in [5, 5.41) is 19.0. The van der Waals surface area contributed by atoms with E-state index in [4.69, 9.17) is 0 Å². The predicted molar refractivity (Wildman–Crippen MR) is 97.3 cm³/mol. The molecule has 0 N–H and O–H groups in total. The number of hydrogen-bond acceptors (Lipinski definition) is 7. The van der Waals surface area contributed by atoms with Crippen molar-refractivity contribution in [2.75, 3.05) is 19.0 Å². The van der Waals surface area contributed by atoms with E-state index in [1.54, 1.807) is 12.1 Å². The average Bonchev–Trinajstić information content (AvgIpc) is 3.00. The Morgan fingerprint density at radius 3 is 2.21 bits per heavy atom. The van der Waals surface area contributed by atoms with Gasteiger partial charge in [0, 0.05) is 25.8 Å². The van der Waals surface area contributed by atoms with E-state index >= 15 is 0 Å². The van der Waals surface area contributed by atoms with Crippen LogP contribution >= 0.6 is 11.3 Å². The van der Waals surface area contributed by atoms with Crippen LogP contribution in [0.4, 0.5) is 22.1 Å². The number of anilines is 1. The van der Waals surface area contributed by atoms with E-state index < -0.39 is 4.92 Å². The summed E-state index contributed by atoms with van der Waals surface area (Å²) in [6.45, 7) is 5.36. The molecule has 24 heavy (non-hydrogen) atoms. The molecular weight excluding hydrogens is 328 g/mol. The maximum absolute atomic E-state index is 11.3. The molecule has 2 aromatic rings. The van der Waals surface area contributed by atoms with Crippen LogP contribution in [-0.4, -0.2) is 24.8 Å². The van der Waals surface area contributed by atoms with Gasteiger partial charge in [-0.15, -0.1) is 21.6 Å². The van der Waals surface area contributed by atoms with Gasteiger partial charge in [-0.25, -0.2) is 0 Å². The van der Waals surface area contributed by atoms with Crippen LogP contribution in [0.25, 0.3) is 0 Å². The molecular formula is C16H20N4O3S. The summed E-state index contributed by atoms with van der Waals surface area (Å²) in [5.74, 6) is -0.232. The van der Waals surface area contributed by atoms with Crippen molar-refractivity contribution in [3.8, 4) is 0 Å². The first-order chi connectivity index (χ1) is 11.4. The fraction of sp³-hybridized carbons (Fsp3) is 0.312. The molecule has 0 spiro atoms. The summed E-state index contributed by atoms with van der Waals surface area (Å²) >= 11 is 0.963. The van der Waals surface area contributed by atoms with Gasteiger partial charge in [-0.1, -0.05) is 13.8 Å². The summed E-state index contributed by atoms with van der Waals surface area (Å²) in [7, 11) is 3.85. The Hall–Kier alpha value is -2.61. The molecule has 0 bridgehead atoms. The maximum atomic E-state index is 11.3. The topological polar surface area (TPSA) is 88.2 Å². The average molecular weight is 348 g/mol. The zero-order valence-corrected chi connectivity index (χ0v) is 15.1. The van der Waals surface area contributed by atoms with E-state index in [1.807, 2.05) is 45.0 Å². The zero-order valence-electron chi connectivity index (χ0n) is 14.3. The van der Waals surface area contributed by atoms with Crippen LogP contribution in [0.2, 0.25) is 0 Å². The second-order valence-electron chi connectivity index (χ2n) is 4.73. The summed E-state index contributed by atoms with van der Waals surface area (Å²) in [6.07, 6.45) is 0. The molecule has 8 heteroatoms. The fourth-order valence-electron chi connectivity index (χ4n) is 1.67. The highest BCUT2D eigenvalue weighted by Gasteiger charge is 2.20. The van der Waals surface area contributed by atoms with E-state index in [-0.39, 0.29) is 16.5 Å². The number of rotatable bonds is 5. The van der Waals surface area contributed by atoms with E-state index in [0.717, 1.165) is 17.0 Å². The SMILES string of the molecule is CC.CC(=O)c1cc([N+](=O)[O-])c(N=Nc2ccc(N(C)C)cc2)s1. The molecule has 0 unspecified atom stereocenters. The van der Waals surface area contributed by atoms with Gasteiger partial charge in [0.1, 0.15) is 0 Å². The number of thiophene rings is 1. The number of nitro groups is 1. The quantitative estimate of drug-likeness (QED) is 0.314. The molecule has 0 saturated carbocycles. The number of benzene rings is 1. The molecule has 1 aromatic carbocycles. The van der Waals surface area contributed by atoms with Crippen molar-refractivity contribution in [3.63, 3.8) is 0 Å². The van der Waals surface area contributed by atoms with Crippen molar-refractivity contribution in [2.24, 2.45) is 10.2 Å². The lowest BCUT2D eigenvalue weighted by molar-refractivity contribution is -0.383. The van der Waals surface area contributed by atoms with Crippen LogP contribution in [0, 0.1) is 10.1 Å². The van der Waals surface area contributed by atoms with Crippen molar-refractivity contribution >= 4 is 39.2 Å². The van der Waals surface area contributed by atoms with Crippen molar-refractivity contribution < 1.29 is 9.72 Å². The number of Topliss-reactive ketones (excluding diaryl/α,β-unsaturated/α-hetero) is 1. The molecule has 0 aliphatic carbocycles. The summed E-state index contributed by atoms with van der Waals surface area (Å²) < 4.78 is 0. The standard InChI is InChI=1S/C14H14N4O3S.C2H6/c1-9(19)13-8-12(18(20)21)14(22-13)16-15-10-4-6-11(7-5-10)17(2)3;1-2/h4-8H,1-3H3;1-2H3. The van der Waals surface area contributed by atoms with E-state index in [0.29, 0.717) is 10.6 Å². The van der Waals surface area contributed by atoms with Crippen molar-refractivity contribution in [2.45, 2.75) is 20.8 Å². The molecule has 2 rings (SSSR count). The molecule has 1 heterocycles. The van der Waals surface area contributed by atoms with E-state index in [2.05, 4.69) is 10.2 Å². The first-order valence-corrected chi connectivity index (χ1v) is 8.18. The number of ketones is 1. The molecule has 128 valence electrons. The van der Waals surface area contributed by atoms with Gasteiger partial charge in [0.2, 0.25) is 5.00 Å². The second kappa shape index (κ2) is 8.88. The first-order valence-electron chi connectivity index (χ1n) is 7.37. The number of hydrogen-bond donors (Lipinski definition) is 0. The fourth-order valence-corrected chi connectivity index (χ4v) is 2.51. The van der Waals surface area contributed by atoms with Crippen LogP contribution in [-0.2, 0) is 0 Å². The van der Waals surface area contributed by atoms with Crippen molar-refractivity contribution in [1.29, 1.82) is 0 Å². The highest BCUT2D eigenvalue weighted by molar-refractivity contribution is 7.18.